The fourth-order valence-corrected chi connectivity index (χ4v) is 6.12. The highest BCUT2D eigenvalue weighted by molar-refractivity contribution is 5.82. The number of piperidine rings is 1. The Balaban J connectivity index is 0.000000785. The first-order chi connectivity index (χ1) is 25.1. The second kappa shape index (κ2) is 20.0. The molecule has 0 aliphatic carbocycles. The Kier molecular flexibility index (Phi) is 15.3. The van der Waals surface area contributed by atoms with Crippen LogP contribution in [0.1, 0.15) is 49.8 Å². The topological polar surface area (TPSA) is 139 Å². The number of anilines is 1. The Morgan fingerprint density at radius 3 is 2.15 bits per heavy atom. The first-order valence-electron chi connectivity index (χ1n) is 17.1. The minimum absolute atomic E-state index is 0.139. The van der Waals surface area contributed by atoms with E-state index in [0.717, 1.165) is 47.6 Å². The molecule has 0 N–H and O–H groups in total. The Hall–Kier alpha value is -5.14. The molecule has 1 fully saturated rings. The third kappa shape index (κ3) is 12.0. The van der Waals surface area contributed by atoms with E-state index in [1.54, 1.807) is 19.1 Å². The third-order valence-electron chi connectivity index (χ3n) is 8.39. The molecule has 3 aromatic carbocycles. The summed E-state index contributed by atoms with van der Waals surface area (Å²) < 4.78 is 38.6. The SMILES string of the molecule is CC(=O)OC(C)=O.COCCCN1CCOc2ccc(COC3CN(C(=O)OCc4ccccc4)CC(OC(C)=O)C3c3ccc(OC)cc3)cc21. The molecule has 3 aromatic rings. The minimum Gasteiger partial charge on any atom is -0.497 e. The van der Waals surface area contributed by atoms with Crippen LogP contribution in [0.25, 0.3) is 0 Å². The highest BCUT2D eigenvalue weighted by Crippen LogP contribution is 2.36. The third-order valence-corrected chi connectivity index (χ3v) is 8.39. The zero-order valence-corrected chi connectivity index (χ0v) is 30.4. The quantitative estimate of drug-likeness (QED) is 0.104. The number of fused-ring (bicyclic) bond motifs is 1. The van der Waals surface area contributed by atoms with Crippen LogP contribution in [0.15, 0.2) is 72.8 Å². The van der Waals surface area contributed by atoms with Gasteiger partial charge in [0.1, 0.15) is 30.8 Å². The first kappa shape index (κ1) is 39.6. The van der Waals surface area contributed by atoms with Crippen molar-refractivity contribution >= 4 is 29.7 Å². The molecule has 52 heavy (non-hydrogen) atoms. The summed E-state index contributed by atoms with van der Waals surface area (Å²) in [7, 11) is 3.33. The van der Waals surface area contributed by atoms with Gasteiger partial charge in [0.25, 0.3) is 0 Å². The van der Waals surface area contributed by atoms with Crippen molar-refractivity contribution in [3.63, 3.8) is 0 Å². The number of rotatable bonds is 12. The van der Waals surface area contributed by atoms with Gasteiger partial charge in [-0.25, -0.2) is 4.79 Å². The van der Waals surface area contributed by atoms with Gasteiger partial charge in [-0.3, -0.25) is 14.4 Å². The monoisotopic (exact) mass is 720 g/mol. The van der Waals surface area contributed by atoms with Gasteiger partial charge in [0.15, 0.2) is 0 Å². The van der Waals surface area contributed by atoms with Crippen molar-refractivity contribution in [2.45, 2.75) is 58.5 Å². The maximum atomic E-state index is 13.3. The summed E-state index contributed by atoms with van der Waals surface area (Å²) in [6.45, 7) is 7.59. The van der Waals surface area contributed by atoms with E-state index < -0.39 is 36.2 Å². The van der Waals surface area contributed by atoms with Crippen LogP contribution in [-0.4, -0.2) is 94.7 Å². The van der Waals surface area contributed by atoms with Crippen LogP contribution in [0, 0.1) is 0 Å². The van der Waals surface area contributed by atoms with Crippen LogP contribution in [0.2, 0.25) is 0 Å². The molecule has 2 aliphatic rings. The standard InChI is InChI=1S/C35H42N2O8.C4H6O3/c1-25(38)45-33-22-37(35(39)44-23-26-8-5-4-6-9-26)21-32(34(33)28-11-13-29(41-3)14-12-28)43-24-27-10-15-31-30(20-27)36(17-19-42-31)16-7-18-40-2;1-3(5)7-4(2)6/h4-6,8-15,20,32-34H,7,16-19,21-24H2,1-3H3;1-2H3. The Morgan fingerprint density at radius 1 is 0.808 bits per heavy atom. The van der Waals surface area contributed by atoms with Gasteiger partial charge in [0.2, 0.25) is 0 Å². The van der Waals surface area contributed by atoms with Crippen molar-refractivity contribution in [2.24, 2.45) is 0 Å². The molecule has 0 aromatic heterocycles. The molecule has 2 heterocycles. The lowest BCUT2D eigenvalue weighted by atomic mass is 9.84. The van der Waals surface area contributed by atoms with Crippen LogP contribution < -0.4 is 14.4 Å². The lowest BCUT2D eigenvalue weighted by Gasteiger charge is -2.42. The zero-order valence-electron chi connectivity index (χ0n) is 30.4. The highest BCUT2D eigenvalue weighted by atomic mass is 16.6. The number of likely N-dealkylation sites (tertiary alicyclic amines) is 1. The molecule has 3 atom stereocenters. The number of amides is 1. The van der Waals surface area contributed by atoms with Crippen LogP contribution >= 0.6 is 0 Å². The van der Waals surface area contributed by atoms with Gasteiger partial charge in [-0.05, 0) is 47.4 Å². The second-order valence-corrected chi connectivity index (χ2v) is 12.3. The summed E-state index contributed by atoms with van der Waals surface area (Å²) in [6, 6.07) is 23.2. The molecule has 280 valence electrons. The molecule has 0 radical (unpaired) electrons. The molecule has 0 spiro atoms. The molecule has 0 saturated carbocycles. The normalized spacial score (nSPS) is 17.8. The van der Waals surface area contributed by atoms with E-state index in [9.17, 15) is 19.2 Å². The summed E-state index contributed by atoms with van der Waals surface area (Å²) in [4.78, 5) is 49.1. The highest BCUT2D eigenvalue weighted by Gasteiger charge is 2.42. The maximum absolute atomic E-state index is 13.3. The minimum atomic E-state index is -0.646. The van der Waals surface area contributed by atoms with Gasteiger partial charge in [-0.2, -0.15) is 0 Å². The molecule has 3 unspecified atom stereocenters. The van der Waals surface area contributed by atoms with Gasteiger partial charge in [0, 0.05) is 41.0 Å². The largest absolute Gasteiger partial charge is 0.497 e. The molecule has 1 saturated heterocycles. The number of carbonyl (C=O) groups is 4. The lowest BCUT2D eigenvalue weighted by molar-refractivity contribution is -0.157. The molecule has 2 aliphatic heterocycles. The molecule has 13 nitrogen and oxygen atoms in total. The number of methoxy groups -OCH3 is 2. The zero-order chi connectivity index (χ0) is 37.5. The Labute approximate surface area is 304 Å². The predicted octanol–water partition coefficient (Wildman–Crippen LogP) is 5.28. The van der Waals surface area contributed by atoms with Crippen molar-refractivity contribution < 1.29 is 52.3 Å². The Morgan fingerprint density at radius 2 is 1.52 bits per heavy atom. The number of carbonyl (C=O) groups excluding carboxylic acids is 4. The van der Waals surface area contributed by atoms with E-state index in [-0.39, 0.29) is 32.2 Å². The van der Waals surface area contributed by atoms with Crippen molar-refractivity contribution in [1.29, 1.82) is 0 Å². The molecule has 1 amide bonds. The molecule has 13 heteroatoms. The molecular weight excluding hydrogens is 672 g/mol. The van der Waals surface area contributed by atoms with Crippen molar-refractivity contribution in [3.8, 4) is 11.5 Å². The fourth-order valence-electron chi connectivity index (χ4n) is 6.12. The fraction of sp³-hybridized carbons (Fsp3) is 0.436. The summed E-state index contributed by atoms with van der Waals surface area (Å²) in [5.41, 5.74) is 3.80. The van der Waals surface area contributed by atoms with Crippen molar-refractivity contribution in [3.05, 3.63) is 89.5 Å². The number of ether oxygens (including phenoxy) is 7. The summed E-state index contributed by atoms with van der Waals surface area (Å²) in [5, 5.41) is 0. The van der Waals surface area contributed by atoms with Gasteiger partial charge >= 0.3 is 24.0 Å². The summed E-state index contributed by atoms with van der Waals surface area (Å²) in [5.74, 6) is -0.323. The molecule has 5 rings (SSSR count). The van der Waals surface area contributed by atoms with E-state index in [2.05, 4.69) is 15.7 Å². The van der Waals surface area contributed by atoms with E-state index in [4.69, 9.17) is 28.4 Å². The van der Waals surface area contributed by atoms with E-state index >= 15 is 0 Å². The first-order valence-corrected chi connectivity index (χ1v) is 17.1. The van der Waals surface area contributed by atoms with Gasteiger partial charge < -0.3 is 43.0 Å². The summed E-state index contributed by atoms with van der Waals surface area (Å²) >= 11 is 0. The Bertz CT molecular complexity index is 1600. The van der Waals surface area contributed by atoms with E-state index in [1.165, 1.54) is 20.8 Å². The van der Waals surface area contributed by atoms with Gasteiger partial charge in [-0.15, -0.1) is 0 Å². The van der Waals surface area contributed by atoms with Crippen molar-refractivity contribution in [2.75, 3.05) is 58.5 Å². The van der Waals surface area contributed by atoms with E-state index in [1.807, 2.05) is 66.7 Å². The number of nitrogens with zero attached hydrogens (tertiary/aromatic N) is 2. The number of esters is 3. The van der Waals surface area contributed by atoms with Crippen LogP contribution in [-0.2, 0) is 51.3 Å². The van der Waals surface area contributed by atoms with Gasteiger partial charge in [-0.1, -0.05) is 48.5 Å². The molecule has 0 bridgehead atoms. The predicted molar refractivity (Wildman–Crippen MR) is 191 cm³/mol. The smallest absolute Gasteiger partial charge is 0.410 e. The maximum Gasteiger partial charge on any atom is 0.410 e. The average Bonchev–Trinajstić information content (AvgIpc) is 3.13. The number of hydrogen-bond donors (Lipinski definition) is 0. The van der Waals surface area contributed by atoms with Crippen molar-refractivity contribution in [1.82, 2.24) is 4.90 Å². The molecular formula is C39H48N2O11. The van der Waals surface area contributed by atoms with E-state index in [0.29, 0.717) is 19.0 Å². The second-order valence-electron chi connectivity index (χ2n) is 12.3. The van der Waals surface area contributed by atoms with Crippen LogP contribution in [0.3, 0.4) is 0 Å². The van der Waals surface area contributed by atoms with Crippen LogP contribution in [0.5, 0.6) is 11.5 Å². The lowest BCUT2D eigenvalue weighted by Crippen LogP contribution is -2.55. The number of benzene rings is 3. The average molecular weight is 721 g/mol. The number of hydrogen-bond acceptors (Lipinski definition) is 12. The van der Waals surface area contributed by atoms with Crippen LogP contribution in [0.4, 0.5) is 10.5 Å². The van der Waals surface area contributed by atoms with Gasteiger partial charge in [0.05, 0.1) is 51.1 Å². The summed E-state index contributed by atoms with van der Waals surface area (Å²) in [6.07, 6.45) is -0.718.